The molecule has 3 saturated heterocycles. The predicted octanol–water partition coefficient (Wildman–Crippen LogP) is 0.433. The third-order valence-corrected chi connectivity index (χ3v) is 4.79. The Labute approximate surface area is 103 Å². The summed E-state index contributed by atoms with van der Waals surface area (Å²) in [5, 5.41) is 3.16. The highest BCUT2D eigenvalue weighted by Crippen LogP contribution is 2.32. The third kappa shape index (κ3) is 1.87. The summed E-state index contributed by atoms with van der Waals surface area (Å²) in [6, 6.07) is 1.23. The number of nitrogens with zero attached hydrogens (tertiary/aromatic N) is 2. The van der Waals surface area contributed by atoms with Gasteiger partial charge >= 0.3 is 0 Å². The summed E-state index contributed by atoms with van der Waals surface area (Å²) in [4.78, 5) is 17.1. The van der Waals surface area contributed by atoms with Crippen LogP contribution in [0.3, 0.4) is 0 Å². The van der Waals surface area contributed by atoms with Crippen molar-refractivity contribution in [2.45, 2.75) is 50.2 Å². The highest BCUT2D eigenvalue weighted by Gasteiger charge is 2.43. The van der Waals surface area contributed by atoms with Crippen LogP contribution in [0, 0.1) is 0 Å². The second kappa shape index (κ2) is 4.58. The molecule has 0 aromatic heterocycles. The van der Waals surface area contributed by atoms with Crippen LogP contribution in [-0.2, 0) is 4.79 Å². The highest BCUT2D eigenvalue weighted by atomic mass is 16.2. The predicted molar refractivity (Wildman–Crippen MR) is 66.8 cm³/mol. The second-order valence-electron chi connectivity index (χ2n) is 5.62. The number of piperidine rings is 1. The summed E-state index contributed by atoms with van der Waals surface area (Å²) in [7, 11) is 1.91. The van der Waals surface area contributed by atoms with E-state index in [1.165, 1.54) is 32.4 Å². The molecule has 3 atom stereocenters. The monoisotopic (exact) mass is 237 g/mol. The van der Waals surface area contributed by atoms with Gasteiger partial charge in [0.05, 0.1) is 6.04 Å². The summed E-state index contributed by atoms with van der Waals surface area (Å²) >= 11 is 0. The van der Waals surface area contributed by atoms with Crippen LogP contribution in [0.4, 0.5) is 0 Å². The van der Waals surface area contributed by atoms with Crippen LogP contribution >= 0.6 is 0 Å². The molecular weight excluding hydrogens is 214 g/mol. The van der Waals surface area contributed by atoms with Gasteiger partial charge in [0.2, 0.25) is 5.91 Å². The second-order valence-corrected chi connectivity index (χ2v) is 5.62. The van der Waals surface area contributed by atoms with E-state index in [1.807, 2.05) is 7.05 Å². The summed E-state index contributed by atoms with van der Waals surface area (Å²) < 4.78 is 0. The Kier molecular flexibility index (Phi) is 3.09. The van der Waals surface area contributed by atoms with Crippen LogP contribution in [-0.4, -0.2) is 60.5 Å². The molecule has 1 amide bonds. The average Bonchev–Trinajstić information content (AvgIpc) is 2.92. The lowest BCUT2D eigenvalue weighted by Crippen LogP contribution is -2.55. The van der Waals surface area contributed by atoms with Gasteiger partial charge in [-0.25, -0.2) is 0 Å². The minimum absolute atomic E-state index is 0.0687. The molecule has 17 heavy (non-hydrogen) atoms. The zero-order valence-electron chi connectivity index (χ0n) is 10.7. The van der Waals surface area contributed by atoms with Gasteiger partial charge in [-0.1, -0.05) is 0 Å². The summed E-state index contributed by atoms with van der Waals surface area (Å²) in [6.07, 6.45) is 5.96. The molecule has 4 heteroatoms. The minimum atomic E-state index is 0.0687. The zero-order valence-corrected chi connectivity index (χ0v) is 10.7. The van der Waals surface area contributed by atoms with Crippen molar-refractivity contribution in [1.82, 2.24) is 15.1 Å². The Morgan fingerprint density at radius 2 is 1.88 bits per heavy atom. The number of likely N-dealkylation sites (tertiary alicyclic amines) is 1. The molecule has 3 unspecified atom stereocenters. The van der Waals surface area contributed by atoms with Crippen LogP contribution in [0.25, 0.3) is 0 Å². The fraction of sp³-hybridized carbons (Fsp3) is 0.923. The lowest BCUT2D eigenvalue weighted by Gasteiger charge is -2.38. The van der Waals surface area contributed by atoms with E-state index >= 15 is 0 Å². The third-order valence-electron chi connectivity index (χ3n) is 4.79. The lowest BCUT2D eigenvalue weighted by molar-refractivity contribution is -0.138. The average molecular weight is 237 g/mol. The maximum atomic E-state index is 12.4. The Balaban J connectivity index is 1.73. The number of fused-ring (bicyclic) bond motifs is 1. The first kappa shape index (κ1) is 11.5. The standard InChI is InChI=1S/C13H23N3O/c1-14-10-4-2-8-16(13(10)17)12-6-9-15-7-3-5-11(12)15/h10-12,14H,2-9H2,1H3. The van der Waals surface area contributed by atoms with E-state index in [0.29, 0.717) is 18.0 Å². The first-order chi connectivity index (χ1) is 8.31. The molecule has 0 aromatic carbocycles. The van der Waals surface area contributed by atoms with Gasteiger partial charge in [-0.05, 0) is 45.7 Å². The Morgan fingerprint density at radius 1 is 1.06 bits per heavy atom. The quantitative estimate of drug-likeness (QED) is 0.757. The van der Waals surface area contributed by atoms with E-state index in [-0.39, 0.29) is 6.04 Å². The molecule has 0 saturated carbocycles. The normalized spacial score (nSPS) is 38.8. The van der Waals surface area contributed by atoms with Crippen LogP contribution < -0.4 is 5.32 Å². The van der Waals surface area contributed by atoms with Gasteiger partial charge < -0.3 is 10.2 Å². The number of hydrogen-bond donors (Lipinski definition) is 1. The van der Waals surface area contributed by atoms with E-state index in [2.05, 4.69) is 15.1 Å². The van der Waals surface area contributed by atoms with Gasteiger partial charge in [-0.15, -0.1) is 0 Å². The molecule has 3 fully saturated rings. The van der Waals surface area contributed by atoms with E-state index in [9.17, 15) is 4.79 Å². The van der Waals surface area contributed by atoms with Crippen molar-refractivity contribution in [3.05, 3.63) is 0 Å². The number of likely N-dealkylation sites (N-methyl/N-ethyl adjacent to an activating group) is 1. The number of hydrogen-bond acceptors (Lipinski definition) is 3. The van der Waals surface area contributed by atoms with Crippen molar-refractivity contribution in [3.63, 3.8) is 0 Å². The van der Waals surface area contributed by atoms with Crippen molar-refractivity contribution >= 4 is 5.91 Å². The molecule has 0 bridgehead atoms. The number of nitrogens with one attached hydrogen (secondary N) is 1. The maximum Gasteiger partial charge on any atom is 0.240 e. The van der Waals surface area contributed by atoms with Crippen molar-refractivity contribution in [2.24, 2.45) is 0 Å². The molecule has 1 N–H and O–H groups in total. The van der Waals surface area contributed by atoms with E-state index in [0.717, 1.165) is 19.4 Å². The molecule has 0 aliphatic carbocycles. The molecule has 3 aliphatic rings. The van der Waals surface area contributed by atoms with Crippen molar-refractivity contribution in [2.75, 3.05) is 26.7 Å². The van der Waals surface area contributed by atoms with Crippen LogP contribution in [0.2, 0.25) is 0 Å². The topological polar surface area (TPSA) is 35.6 Å². The van der Waals surface area contributed by atoms with Gasteiger partial charge in [0.25, 0.3) is 0 Å². The van der Waals surface area contributed by atoms with Crippen LogP contribution in [0.15, 0.2) is 0 Å². The van der Waals surface area contributed by atoms with Gasteiger partial charge in [0.1, 0.15) is 0 Å². The van der Waals surface area contributed by atoms with Crippen LogP contribution in [0.1, 0.15) is 32.1 Å². The molecule has 0 aromatic rings. The zero-order chi connectivity index (χ0) is 11.8. The van der Waals surface area contributed by atoms with Crippen LogP contribution in [0.5, 0.6) is 0 Å². The summed E-state index contributed by atoms with van der Waals surface area (Å²) in [5.41, 5.74) is 0. The van der Waals surface area contributed by atoms with Gasteiger partial charge in [0, 0.05) is 25.2 Å². The minimum Gasteiger partial charge on any atom is -0.337 e. The molecule has 4 nitrogen and oxygen atoms in total. The first-order valence-electron chi connectivity index (χ1n) is 7.03. The largest absolute Gasteiger partial charge is 0.337 e. The molecule has 3 aliphatic heterocycles. The number of carbonyl (C=O) groups is 1. The van der Waals surface area contributed by atoms with Gasteiger partial charge in [-0.2, -0.15) is 0 Å². The van der Waals surface area contributed by atoms with E-state index in [1.54, 1.807) is 0 Å². The Morgan fingerprint density at radius 3 is 2.71 bits per heavy atom. The van der Waals surface area contributed by atoms with Gasteiger partial charge in [0.15, 0.2) is 0 Å². The van der Waals surface area contributed by atoms with Crippen molar-refractivity contribution in [1.29, 1.82) is 0 Å². The molecule has 3 rings (SSSR count). The summed E-state index contributed by atoms with van der Waals surface area (Å²) in [6.45, 7) is 3.42. The number of amides is 1. The lowest BCUT2D eigenvalue weighted by atomic mass is 9.98. The molecule has 3 heterocycles. The number of rotatable bonds is 2. The molecular formula is C13H23N3O. The Hall–Kier alpha value is -0.610. The Bertz CT molecular complexity index is 307. The smallest absolute Gasteiger partial charge is 0.240 e. The molecule has 0 radical (unpaired) electrons. The molecule has 96 valence electrons. The van der Waals surface area contributed by atoms with Crippen molar-refractivity contribution in [3.8, 4) is 0 Å². The maximum absolute atomic E-state index is 12.4. The highest BCUT2D eigenvalue weighted by molar-refractivity contribution is 5.83. The molecule has 0 spiro atoms. The number of carbonyl (C=O) groups excluding carboxylic acids is 1. The van der Waals surface area contributed by atoms with Gasteiger partial charge in [-0.3, -0.25) is 9.69 Å². The van der Waals surface area contributed by atoms with E-state index < -0.39 is 0 Å². The first-order valence-corrected chi connectivity index (χ1v) is 7.03. The van der Waals surface area contributed by atoms with E-state index in [4.69, 9.17) is 0 Å². The van der Waals surface area contributed by atoms with Crippen molar-refractivity contribution < 1.29 is 4.79 Å². The fourth-order valence-electron chi connectivity index (χ4n) is 3.92. The summed E-state index contributed by atoms with van der Waals surface area (Å²) in [5.74, 6) is 0.345. The SMILES string of the molecule is CNC1CCCN(C2CCN3CCCC23)C1=O. The fourth-order valence-corrected chi connectivity index (χ4v) is 3.92.